The summed E-state index contributed by atoms with van der Waals surface area (Å²) in [5.41, 5.74) is 21.8. The molecule has 14 heteroatoms. The second-order valence-corrected chi connectivity index (χ2v) is 31.8. The molecule has 0 spiro atoms. The Morgan fingerprint density at radius 1 is 0.192 bits per heavy atom. The lowest BCUT2D eigenvalue weighted by molar-refractivity contribution is 0.655. The third-order valence-corrected chi connectivity index (χ3v) is 24.0. The highest BCUT2D eigenvalue weighted by molar-refractivity contribution is 7.25. The Kier molecular flexibility index (Phi) is 16.3. The summed E-state index contributed by atoms with van der Waals surface area (Å²) >= 11 is 1.83. The van der Waals surface area contributed by atoms with E-state index >= 15 is 0 Å². The van der Waals surface area contributed by atoms with E-state index in [4.69, 9.17) is 52.0 Å². The largest absolute Gasteiger partial charge is 0.456 e. The van der Waals surface area contributed by atoms with Crippen molar-refractivity contribution in [3.63, 3.8) is 0 Å². The zero-order valence-corrected chi connectivity index (χ0v) is 66.2. The van der Waals surface area contributed by atoms with E-state index in [9.17, 15) is 0 Å². The first kappa shape index (κ1) is 69.8. The highest BCUT2D eigenvalue weighted by atomic mass is 32.1. The molecule has 0 saturated carbocycles. The lowest BCUT2D eigenvalue weighted by Crippen LogP contribution is -2.06. The molecule has 0 saturated heterocycles. The minimum absolute atomic E-state index is 0.570. The highest BCUT2D eigenvalue weighted by Gasteiger charge is 2.24. The maximum absolute atomic E-state index is 6.32. The van der Waals surface area contributed by atoms with Crippen molar-refractivity contribution in [2.24, 2.45) is 0 Å². The van der Waals surface area contributed by atoms with Crippen molar-refractivity contribution in [2.75, 3.05) is 0 Å². The van der Waals surface area contributed by atoms with Crippen LogP contribution in [0.3, 0.4) is 0 Å². The van der Waals surface area contributed by atoms with Crippen LogP contribution >= 0.6 is 11.3 Å². The fourth-order valence-corrected chi connectivity index (χ4v) is 18.3. The number of benzene rings is 16. The molecule has 0 unspecified atom stereocenters. The first-order valence-electron chi connectivity index (χ1n) is 40.0. The summed E-state index contributed by atoms with van der Waals surface area (Å²) in [5.74, 6) is 3.76. The van der Waals surface area contributed by atoms with Gasteiger partial charge >= 0.3 is 0 Å². The van der Waals surface area contributed by atoms with Crippen molar-refractivity contribution in [1.82, 2.24) is 39.0 Å². The van der Waals surface area contributed by atoms with Gasteiger partial charge in [-0.1, -0.05) is 242 Å². The first-order valence-corrected chi connectivity index (χ1v) is 40.8. The Morgan fingerprint density at radius 2 is 0.508 bits per heavy atom. The van der Waals surface area contributed by atoms with Gasteiger partial charge in [-0.25, -0.2) is 9.97 Å². The fourth-order valence-electron chi connectivity index (χ4n) is 17.1. The molecule has 0 fully saturated rings. The third kappa shape index (κ3) is 12.0. The lowest BCUT2D eigenvalue weighted by Gasteiger charge is -2.11. The standard InChI is InChI=1S/C34H22N4O.C34H22N4S.2C19H12O2/c1-21-16-17-30-26(18-21)27-19-25-24-14-8-9-15-28(24)38(29(25)20-31(27)39-30)34-36-32(22-10-4-2-5-11-22)35-33(37-34)23-12-6-3-7-13-23;1-21-16-17-24-26-19-27-25-14-8-9-15-30(25)39-31(27)20-29(26)38(28(24)18-21)34-36-32(22-10-4-2-5-11-22)35-33(37-34)23-12-6-3-7-13-23;1-11-6-7-17-13(8-11)15-9-14-12-4-2-3-5-16(12)20-18(14)10-19(15)21-17;1-11-6-7-13-15-9-14-12-4-2-3-5-16(12)20-18(14)10-19(15)21-17(13)8-11/h2*2-20H,1H3;2*2-10H,1H3. The number of furan rings is 5. The Bertz CT molecular complexity index is 8480. The van der Waals surface area contributed by atoms with E-state index in [1.807, 2.05) is 193 Å². The highest BCUT2D eigenvalue weighted by Crippen LogP contribution is 2.45. The molecule has 26 rings (SSSR count). The van der Waals surface area contributed by atoms with Crippen LogP contribution in [0.25, 0.3) is 231 Å². The SMILES string of the molecule is Cc1ccc2c(c1)oc1cc3oc4ccccc4c3cc12.Cc1ccc2c3cc4c(cc3n(-c3nc(-c5ccccc5)nc(-c5ccccc5)n3)c2c1)sc1ccccc14.Cc1ccc2oc3cc4c(cc3c2c1)c1ccccc1n4-c1nc(-c2ccccc2)nc(-c2ccccc2)n1.Cc1ccc2oc3cc4oc5ccccc5c4cc3c2c1. The molecule has 0 atom stereocenters. The van der Waals surface area contributed by atoms with Gasteiger partial charge in [0, 0.05) is 136 Å². The van der Waals surface area contributed by atoms with Crippen LogP contribution in [0, 0.1) is 27.7 Å². The van der Waals surface area contributed by atoms with Gasteiger partial charge in [0.05, 0.1) is 22.1 Å². The van der Waals surface area contributed by atoms with Gasteiger partial charge in [-0.3, -0.25) is 9.13 Å². The monoisotopic (exact) mass is 1560 g/mol. The Labute approximate surface area is 688 Å². The minimum Gasteiger partial charge on any atom is -0.456 e. The number of nitrogens with zero attached hydrogens (tertiary/aromatic N) is 8. The van der Waals surface area contributed by atoms with E-state index in [-0.39, 0.29) is 0 Å². The second-order valence-electron chi connectivity index (χ2n) is 30.8. The summed E-state index contributed by atoms with van der Waals surface area (Å²) in [5, 5.41) is 18.7. The van der Waals surface area contributed by atoms with Gasteiger partial charge in [0.1, 0.15) is 55.8 Å². The van der Waals surface area contributed by atoms with Crippen molar-refractivity contribution < 1.29 is 22.1 Å². The van der Waals surface area contributed by atoms with Crippen molar-refractivity contribution in [2.45, 2.75) is 27.7 Å². The van der Waals surface area contributed by atoms with E-state index in [1.165, 1.54) is 53.2 Å². The maximum atomic E-state index is 6.32. The van der Waals surface area contributed by atoms with Crippen molar-refractivity contribution in [3.8, 4) is 57.4 Å². The van der Waals surface area contributed by atoms with Crippen LogP contribution in [0.4, 0.5) is 0 Å². The molecule has 120 heavy (non-hydrogen) atoms. The topological polar surface area (TPSA) is 153 Å². The summed E-state index contributed by atoms with van der Waals surface area (Å²) in [6.45, 7) is 8.42. The second kappa shape index (κ2) is 28.1. The summed E-state index contributed by atoms with van der Waals surface area (Å²) in [6.07, 6.45) is 0. The summed E-state index contributed by atoms with van der Waals surface area (Å²) in [4.78, 5) is 30.0. The molecule has 0 bridgehead atoms. The molecule has 0 aliphatic carbocycles. The number of para-hydroxylation sites is 3. The molecular weight excluding hydrogens is 1500 g/mol. The molecular formula is C106H68N8O5S. The normalized spacial score (nSPS) is 11.8. The van der Waals surface area contributed by atoms with Crippen molar-refractivity contribution in [3.05, 3.63) is 362 Å². The summed E-state index contributed by atoms with van der Waals surface area (Å²) in [7, 11) is 0. The molecule has 0 amide bonds. The minimum atomic E-state index is 0.570. The van der Waals surface area contributed by atoms with E-state index in [2.05, 4.69) is 195 Å². The molecule has 568 valence electrons. The molecule has 0 radical (unpaired) electrons. The van der Waals surface area contributed by atoms with Crippen LogP contribution in [0.5, 0.6) is 0 Å². The number of thiophene rings is 1. The lowest BCUT2D eigenvalue weighted by atomic mass is 10.1. The molecule has 0 N–H and O–H groups in total. The van der Waals surface area contributed by atoms with Gasteiger partial charge in [0.25, 0.3) is 0 Å². The number of aromatic nitrogens is 8. The summed E-state index contributed by atoms with van der Waals surface area (Å²) in [6, 6.07) is 117. The average Bonchev–Trinajstić information content (AvgIpc) is 1.58. The number of aryl methyl sites for hydroxylation is 4. The fraction of sp³-hybridized carbons (Fsp3) is 0.0377. The van der Waals surface area contributed by atoms with E-state index in [1.54, 1.807) is 0 Å². The summed E-state index contributed by atoms with van der Waals surface area (Å²) < 4.78 is 37.0. The Morgan fingerprint density at radius 3 is 1.02 bits per heavy atom. The van der Waals surface area contributed by atoms with Gasteiger partial charge in [-0.2, -0.15) is 19.9 Å². The Hall–Kier alpha value is -15.6. The van der Waals surface area contributed by atoms with Gasteiger partial charge in [0.2, 0.25) is 11.9 Å². The van der Waals surface area contributed by atoms with Crippen LogP contribution in [-0.4, -0.2) is 39.0 Å². The number of rotatable bonds is 6. The molecule has 10 aromatic heterocycles. The van der Waals surface area contributed by atoms with Gasteiger partial charge in [0.15, 0.2) is 23.3 Å². The van der Waals surface area contributed by atoms with Gasteiger partial charge in [-0.05, 0) is 130 Å². The molecule has 26 aromatic rings. The van der Waals surface area contributed by atoms with Crippen molar-refractivity contribution in [1.29, 1.82) is 0 Å². The van der Waals surface area contributed by atoms with Crippen LogP contribution in [-0.2, 0) is 0 Å². The van der Waals surface area contributed by atoms with Gasteiger partial charge < -0.3 is 22.1 Å². The van der Waals surface area contributed by atoms with Crippen molar-refractivity contribution >= 4 is 185 Å². The zero-order chi connectivity index (χ0) is 79.8. The molecule has 16 aromatic carbocycles. The van der Waals surface area contributed by atoms with Crippen LogP contribution < -0.4 is 0 Å². The molecule has 0 aliphatic heterocycles. The smallest absolute Gasteiger partial charge is 0.238 e. The van der Waals surface area contributed by atoms with Crippen LogP contribution in [0.1, 0.15) is 22.3 Å². The van der Waals surface area contributed by atoms with E-state index in [0.717, 1.165) is 165 Å². The molecule has 0 aliphatic rings. The first-order chi connectivity index (χ1) is 59.0. The van der Waals surface area contributed by atoms with Crippen LogP contribution in [0.15, 0.2) is 362 Å². The molecule has 13 nitrogen and oxygen atoms in total. The predicted octanol–water partition coefficient (Wildman–Crippen LogP) is 29.1. The number of fused-ring (bicyclic) bond motifs is 24. The third-order valence-electron chi connectivity index (χ3n) is 22.9. The Balaban J connectivity index is 0.0000000971. The average molecular weight is 1570 g/mol. The predicted molar refractivity (Wildman–Crippen MR) is 491 cm³/mol. The zero-order valence-electron chi connectivity index (χ0n) is 65.4. The quantitative estimate of drug-likeness (QED) is 0.156. The number of hydrogen-bond donors (Lipinski definition) is 0. The van der Waals surface area contributed by atoms with E-state index in [0.29, 0.717) is 35.2 Å². The van der Waals surface area contributed by atoms with E-state index < -0.39 is 0 Å². The maximum Gasteiger partial charge on any atom is 0.238 e. The number of hydrogen-bond acceptors (Lipinski definition) is 12. The van der Waals surface area contributed by atoms with Crippen LogP contribution in [0.2, 0.25) is 0 Å². The van der Waals surface area contributed by atoms with Gasteiger partial charge in [-0.15, -0.1) is 11.3 Å². The molecule has 10 heterocycles.